The third kappa shape index (κ3) is 74.4. The Morgan fingerprint density at radius 1 is 0.559 bits per heavy atom. The SMILES string of the molecule is CC.CCCC.CN.CSSC.CSSC.O=C(O)CCCCCCCCCCCCC(=O)NC(CCC(=O)NCCOCCOCC(=O)NCCOCCO)C(=O)O. The van der Waals surface area contributed by atoms with Crippen LogP contribution in [0.25, 0.3) is 0 Å². The summed E-state index contributed by atoms with van der Waals surface area (Å²) in [5, 5.41) is 34.3. The lowest BCUT2D eigenvalue weighted by atomic mass is 10.0. The summed E-state index contributed by atoms with van der Waals surface area (Å²) in [7, 11) is 8.59. The predicted octanol–water partition coefficient (Wildman–Crippen LogP) is 7.04. The molecule has 0 spiro atoms. The fraction of sp³-hybridized carbons (Fsp3) is 0.875. The van der Waals surface area contributed by atoms with Crippen molar-refractivity contribution in [3.8, 4) is 0 Å². The predicted molar refractivity (Wildman–Crippen MR) is 254 cm³/mol. The first-order chi connectivity index (χ1) is 28.5. The minimum absolute atomic E-state index is 0.0203. The molecule has 59 heavy (non-hydrogen) atoms. The van der Waals surface area contributed by atoms with E-state index in [2.05, 4.69) is 60.6 Å². The van der Waals surface area contributed by atoms with E-state index in [0.717, 1.165) is 57.8 Å². The number of aliphatic hydroxyl groups is 1. The smallest absolute Gasteiger partial charge is 0.326 e. The Bertz CT molecular complexity index is 873. The van der Waals surface area contributed by atoms with E-state index in [1.54, 1.807) is 43.2 Å². The van der Waals surface area contributed by atoms with E-state index in [0.29, 0.717) is 19.6 Å². The summed E-state index contributed by atoms with van der Waals surface area (Å²) in [5.41, 5.74) is 4.50. The molecular weight excluding hydrogens is 841 g/mol. The number of nitrogens with one attached hydrogen (secondary N) is 3. The van der Waals surface area contributed by atoms with Crippen LogP contribution in [0.3, 0.4) is 0 Å². The van der Waals surface area contributed by atoms with Gasteiger partial charge < -0.3 is 51.2 Å². The fourth-order valence-corrected chi connectivity index (χ4v) is 3.99. The van der Waals surface area contributed by atoms with Crippen molar-refractivity contribution in [1.29, 1.82) is 0 Å². The molecule has 0 fully saturated rings. The van der Waals surface area contributed by atoms with Crippen molar-refractivity contribution in [3.05, 3.63) is 0 Å². The molecule has 0 aliphatic rings. The van der Waals surface area contributed by atoms with Crippen LogP contribution in [0.5, 0.6) is 0 Å². The van der Waals surface area contributed by atoms with Gasteiger partial charge in [0.2, 0.25) is 17.7 Å². The third-order valence-corrected chi connectivity index (χ3v) is 9.82. The minimum Gasteiger partial charge on any atom is -0.481 e. The van der Waals surface area contributed by atoms with Crippen LogP contribution in [-0.4, -0.2) is 142 Å². The third-order valence-electron chi connectivity index (χ3n) is 7.15. The molecule has 8 N–H and O–H groups in total. The highest BCUT2D eigenvalue weighted by atomic mass is 33.1. The van der Waals surface area contributed by atoms with Gasteiger partial charge in [-0.1, -0.05) is 135 Å². The largest absolute Gasteiger partial charge is 0.481 e. The lowest BCUT2D eigenvalue weighted by Gasteiger charge is -2.14. The molecule has 0 aromatic rings. The van der Waals surface area contributed by atoms with Crippen LogP contribution in [0.4, 0.5) is 0 Å². The first-order valence-electron chi connectivity index (χ1n) is 20.8. The number of hydrogen-bond donors (Lipinski definition) is 7. The van der Waals surface area contributed by atoms with Gasteiger partial charge in [-0.3, -0.25) is 19.2 Å². The van der Waals surface area contributed by atoms with Gasteiger partial charge in [0.25, 0.3) is 0 Å². The zero-order valence-corrected chi connectivity index (χ0v) is 41.3. The lowest BCUT2D eigenvalue weighted by molar-refractivity contribution is -0.142. The maximum absolute atomic E-state index is 12.2. The second-order valence-corrected chi connectivity index (χ2v) is 17.1. The molecule has 15 nitrogen and oxygen atoms in total. The average Bonchev–Trinajstić information content (AvgIpc) is 3.24. The number of carbonyl (C=O) groups is 5. The van der Waals surface area contributed by atoms with Crippen LogP contribution < -0.4 is 21.7 Å². The Balaban J connectivity index is -0.000000374. The van der Waals surface area contributed by atoms with Crippen molar-refractivity contribution in [1.82, 2.24) is 16.0 Å². The van der Waals surface area contributed by atoms with Crippen molar-refractivity contribution in [2.45, 2.75) is 136 Å². The first-order valence-corrected chi connectivity index (χ1v) is 26.8. The van der Waals surface area contributed by atoms with E-state index in [1.165, 1.54) is 19.9 Å². The van der Waals surface area contributed by atoms with Crippen LogP contribution in [-0.2, 0) is 38.2 Å². The number of rotatable bonds is 34. The van der Waals surface area contributed by atoms with E-state index in [9.17, 15) is 29.1 Å². The average molecular weight is 927 g/mol. The van der Waals surface area contributed by atoms with E-state index in [4.69, 9.17) is 24.4 Å². The van der Waals surface area contributed by atoms with Crippen molar-refractivity contribution in [2.24, 2.45) is 5.73 Å². The topological polar surface area (TPSA) is 236 Å². The van der Waals surface area contributed by atoms with Crippen molar-refractivity contribution in [2.75, 3.05) is 91.4 Å². The molecule has 0 aromatic carbocycles. The van der Waals surface area contributed by atoms with Gasteiger partial charge in [0.05, 0.1) is 39.6 Å². The zero-order chi connectivity index (χ0) is 46.2. The summed E-state index contributed by atoms with van der Waals surface area (Å²) in [6, 6.07) is -1.13. The molecule has 19 heteroatoms. The van der Waals surface area contributed by atoms with E-state index >= 15 is 0 Å². The fourth-order valence-electron chi connectivity index (χ4n) is 3.99. The maximum atomic E-state index is 12.2. The molecule has 3 amide bonds. The Labute approximate surface area is 374 Å². The Morgan fingerprint density at radius 3 is 1.37 bits per heavy atom. The first kappa shape index (κ1) is 69.3. The second kappa shape index (κ2) is 65.7. The van der Waals surface area contributed by atoms with Crippen LogP contribution in [0.1, 0.15) is 130 Å². The molecule has 0 aliphatic heterocycles. The Morgan fingerprint density at radius 2 is 0.966 bits per heavy atom. The van der Waals surface area contributed by atoms with Crippen LogP contribution >= 0.6 is 43.2 Å². The highest BCUT2D eigenvalue weighted by molar-refractivity contribution is 8.76. The van der Waals surface area contributed by atoms with Gasteiger partial charge in [0.15, 0.2) is 0 Å². The summed E-state index contributed by atoms with van der Waals surface area (Å²) in [4.78, 5) is 57.7. The number of aliphatic hydroxyl groups excluding tert-OH is 1. The van der Waals surface area contributed by atoms with Crippen molar-refractivity contribution in [3.63, 3.8) is 0 Å². The number of amides is 3. The van der Waals surface area contributed by atoms with Gasteiger partial charge in [-0.15, -0.1) is 0 Å². The molecule has 0 saturated carbocycles. The molecule has 1 atom stereocenters. The molecule has 0 bridgehead atoms. The van der Waals surface area contributed by atoms with Crippen LogP contribution in [0, 0.1) is 0 Å². The summed E-state index contributed by atoms with van der Waals surface area (Å²) >= 11 is 0. The number of carboxylic acid groups (broad SMARTS) is 2. The highest BCUT2D eigenvalue weighted by Gasteiger charge is 2.20. The molecule has 0 rings (SSSR count). The molecule has 0 radical (unpaired) electrons. The van der Waals surface area contributed by atoms with Gasteiger partial charge in [0, 0.05) is 32.4 Å². The summed E-state index contributed by atoms with van der Waals surface area (Å²) in [5.74, 6) is -2.91. The van der Waals surface area contributed by atoms with Gasteiger partial charge in [0.1, 0.15) is 12.6 Å². The zero-order valence-electron chi connectivity index (χ0n) is 38.1. The van der Waals surface area contributed by atoms with Gasteiger partial charge in [-0.05, 0) is 51.3 Å². The number of carbonyl (C=O) groups excluding carboxylic acids is 3. The molecule has 0 heterocycles. The highest BCUT2D eigenvalue weighted by Crippen LogP contribution is 2.12. The molecule has 0 aromatic heterocycles. The monoisotopic (exact) mass is 927 g/mol. The Kier molecular flexibility index (Phi) is 77.1. The van der Waals surface area contributed by atoms with E-state index in [1.807, 2.05) is 13.8 Å². The minimum atomic E-state index is -1.18. The summed E-state index contributed by atoms with van der Waals surface area (Å²) < 4.78 is 15.5. The van der Waals surface area contributed by atoms with E-state index < -0.39 is 18.0 Å². The normalized spacial score (nSPS) is 10.2. The van der Waals surface area contributed by atoms with Crippen molar-refractivity contribution >= 4 is 72.8 Å². The molecular formula is C40H86N4O11S4. The number of nitrogens with two attached hydrogens (primary N) is 1. The number of carboxylic acids is 2. The number of hydrogen-bond acceptors (Lipinski definition) is 14. The number of aliphatic carboxylic acids is 2. The lowest BCUT2D eigenvalue weighted by Crippen LogP contribution is -2.41. The molecule has 0 aliphatic carbocycles. The number of ether oxygens (including phenoxy) is 3. The molecule has 1 unspecified atom stereocenters. The van der Waals surface area contributed by atoms with Crippen LogP contribution in [0.15, 0.2) is 0 Å². The second-order valence-electron chi connectivity index (χ2n) is 11.8. The van der Waals surface area contributed by atoms with Crippen LogP contribution in [0.2, 0.25) is 0 Å². The van der Waals surface area contributed by atoms with Gasteiger partial charge in [-0.25, -0.2) is 4.79 Å². The molecule has 0 saturated heterocycles. The maximum Gasteiger partial charge on any atom is 0.326 e. The van der Waals surface area contributed by atoms with Crippen molar-refractivity contribution < 1.29 is 53.5 Å². The standard InChI is InChI=1S/C29H53N3O11.C4H10.2C2H6S2.C2H6.CH5N/c33-17-20-41-18-16-31-27(36)23-43-22-21-42-19-15-30-25(34)14-13-24(29(39)40)32-26(35)11-9-7-5-3-1-2-4-6-8-10-12-28(37)38;3*1-3-4-2;2*1-2/h24,33H,1-23H2,(H,30,34)(H,31,36)(H,32,35)(H,37,38)(H,39,40);3-4H2,1-2H3;2*1-2H3;1-2H3;2H2,1H3. The quantitative estimate of drug-likeness (QED) is 0.0253. The van der Waals surface area contributed by atoms with E-state index in [-0.39, 0.29) is 89.6 Å². The summed E-state index contributed by atoms with van der Waals surface area (Å²) in [6.07, 6.45) is 21.0. The Hall–Kier alpha value is -1.45. The summed E-state index contributed by atoms with van der Waals surface area (Å²) in [6.45, 7) is 9.88. The number of unbranched alkanes of at least 4 members (excludes halogenated alkanes) is 10. The van der Waals surface area contributed by atoms with Gasteiger partial charge >= 0.3 is 11.9 Å². The van der Waals surface area contributed by atoms with Gasteiger partial charge in [-0.2, -0.15) is 0 Å². The molecule has 356 valence electrons.